The first-order valence-corrected chi connectivity index (χ1v) is 10.6. The van der Waals surface area contributed by atoms with Gasteiger partial charge in [0.15, 0.2) is 5.82 Å². The quantitative estimate of drug-likeness (QED) is 0.663. The highest BCUT2D eigenvalue weighted by molar-refractivity contribution is 5.93. The first kappa shape index (κ1) is 20.1. The molecule has 0 aliphatic carbocycles. The van der Waals surface area contributed by atoms with E-state index in [4.69, 9.17) is 14.0 Å². The Morgan fingerprint density at radius 2 is 2.14 bits per heavy atom. The molecule has 1 atom stereocenters. The Morgan fingerprint density at radius 1 is 1.28 bits per heavy atom. The summed E-state index contributed by atoms with van der Waals surface area (Å²) in [5.41, 5.74) is 0.679. The van der Waals surface area contributed by atoms with Crippen molar-refractivity contribution in [2.24, 2.45) is 13.0 Å². The lowest BCUT2D eigenvalue weighted by atomic mass is 10.0. The zero-order valence-corrected chi connectivity index (χ0v) is 17.1. The van der Waals surface area contributed by atoms with Gasteiger partial charge in [0.05, 0.1) is 6.61 Å². The number of hydrogen-bond acceptors (Lipinski definition) is 6. The fourth-order valence-electron chi connectivity index (χ4n) is 4.09. The van der Waals surface area contributed by atoms with Crippen LogP contribution in [-0.4, -0.2) is 58.5 Å². The van der Waals surface area contributed by atoms with Gasteiger partial charge in [0, 0.05) is 46.0 Å². The van der Waals surface area contributed by atoms with E-state index in [1.807, 2.05) is 34.8 Å². The largest absolute Gasteiger partial charge is 0.381 e. The minimum Gasteiger partial charge on any atom is -0.381 e. The smallest absolute Gasteiger partial charge is 0.271 e. The second-order valence-electron chi connectivity index (χ2n) is 7.94. The van der Waals surface area contributed by atoms with E-state index in [-0.39, 0.29) is 11.9 Å². The van der Waals surface area contributed by atoms with Crippen LogP contribution in [0, 0.1) is 5.92 Å². The molecule has 2 aliphatic rings. The third kappa shape index (κ3) is 4.87. The van der Waals surface area contributed by atoms with Crippen molar-refractivity contribution in [2.45, 2.75) is 44.6 Å². The van der Waals surface area contributed by atoms with E-state index in [2.05, 4.69) is 10.1 Å². The number of ether oxygens (including phenoxy) is 2. The topological polar surface area (TPSA) is 82.6 Å². The van der Waals surface area contributed by atoms with E-state index >= 15 is 0 Å². The molecule has 1 amide bonds. The van der Waals surface area contributed by atoms with Crippen LogP contribution in [0.15, 0.2) is 22.9 Å². The Kier molecular flexibility index (Phi) is 6.61. The first-order chi connectivity index (χ1) is 14.2. The molecule has 0 aromatic carbocycles. The van der Waals surface area contributed by atoms with Crippen LogP contribution < -0.4 is 0 Å². The molecule has 0 saturated carbocycles. The number of piperidine rings is 1. The van der Waals surface area contributed by atoms with Gasteiger partial charge in [-0.25, -0.2) is 0 Å². The second-order valence-corrected chi connectivity index (χ2v) is 7.94. The van der Waals surface area contributed by atoms with Gasteiger partial charge in [-0.1, -0.05) is 5.16 Å². The van der Waals surface area contributed by atoms with E-state index in [1.165, 1.54) is 0 Å². The lowest BCUT2D eigenvalue weighted by Crippen LogP contribution is -2.39. The molecule has 0 N–H and O–H groups in total. The summed E-state index contributed by atoms with van der Waals surface area (Å²) in [7, 11) is 1.89. The average Bonchev–Trinajstić information content (AvgIpc) is 3.40. The number of likely N-dealkylation sites (tertiary alicyclic amines) is 1. The Hall–Kier alpha value is -2.19. The van der Waals surface area contributed by atoms with Gasteiger partial charge in [-0.3, -0.25) is 4.79 Å². The molecule has 0 radical (unpaired) electrons. The maximum atomic E-state index is 13.0. The maximum absolute atomic E-state index is 13.0. The molecule has 8 nitrogen and oxygen atoms in total. The van der Waals surface area contributed by atoms with E-state index in [0.717, 1.165) is 51.9 Å². The summed E-state index contributed by atoms with van der Waals surface area (Å²) < 4.78 is 18.6. The summed E-state index contributed by atoms with van der Waals surface area (Å²) in [6.45, 7) is 3.71. The minimum absolute atomic E-state index is 0.0155. The minimum atomic E-state index is -0.157. The average molecular weight is 402 g/mol. The zero-order chi connectivity index (χ0) is 20.1. The molecular weight excluding hydrogens is 372 g/mol. The molecule has 2 aromatic heterocycles. The van der Waals surface area contributed by atoms with Crippen molar-refractivity contribution in [3.63, 3.8) is 0 Å². The fourth-order valence-corrected chi connectivity index (χ4v) is 4.09. The zero-order valence-electron chi connectivity index (χ0n) is 17.1. The van der Waals surface area contributed by atoms with Gasteiger partial charge in [-0.15, -0.1) is 0 Å². The number of hydrogen-bond donors (Lipinski definition) is 0. The van der Waals surface area contributed by atoms with E-state index in [9.17, 15) is 4.79 Å². The molecule has 2 aliphatic heterocycles. The molecule has 4 rings (SSSR count). The summed E-state index contributed by atoms with van der Waals surface area (Å²) in [5.74, 6) is 1.78. The Morgan fingerprint density at radius 3 is 2.93 bits per heavy atom. The monoisotopic (exact) mass is 402 g/mol. The van der Waals surface area contributed by atoms with E-state index in [0.29, 0.717) is 42.9 Å². The van der Waals surface area contributed by atoms with E-state index < -0.39 is 0 Å². The number of aromatic nitrogens is 3. The van der Waals surface area contributed by atoms with Crippen LogP contribution in [-0.2, 0) is 22.9 Å². The maximum Gasteiger partial charge on any atom is 0.271 e. The molecule has 2 saturated heterocycles. The molecule has 1 unspecified atom stereocenters. The molecule has 8 heteroatoms. The highest BCUT2D eigenvalue weighted by Gasteiger charge is 2.33. The Bertz CT molecular complexity index is 796. The highest BCUT2D eigenvalue weighted by atomic mass is 16.5. The Labute approximate surface area is 171 Å². The fraction of sp³-hybridized carbons (Fsp3) is 0.667. The Balaban J connectivity index is 1.33. The number of aryl methyl sites for hydroxylation is 1. The van der Waals surface area contributed by atoms with Gasteiger partial charge in [-0.05, 0) is 50.2 Å². The van der Waals surface area contributed by atoms with Crippen LogP contribution >= 0.6 is 0 Å². The number of carbonyl (C=O) groups is 1. The van der Waals surface area contributed by atoms with E-state index in [1.54, 1.807) is 0 Å². The number of amides is 1. The van der Waals surface area contributed by atoms with Crippen LogP contribution in [0.2, 0.25) is 0 Å². The third-order valence-electron chi connectivity index (χ3n) is 5.86. The summed E-state index contributed by atoms with van der Waals surface area (Å²) in [5, 5.41) is 4.12. The van der Waals surface area contributed by atoms with Crippen molar-refractivity contribution in [3.8, 4) is 0 Å². The molecule has 158 valence electrons. The lowest BCUT2D eigenvalue weighted by Gasteiger charge is -2.33. The summed E-state index contributed by atoms with van der Waals surface area (Å²) in [6, 6.07) is 3.58. The van der Waals surface area contributed by atoms with Gasteiger partial charge >= 0.3 is 0 Å². The lowest BCUT2D eigenvalue weighted by molar-refractivity contribution is 0.0211. The molecule has 0 bridgehead atoms. The predicted molar refractivity (Wildman–Crippen MR) is 105 cm³/mol. The van der Waals surface area contributed by atoms with Crippen LogP contribution in [0.3, 0.4) is 0 Å². The molecular formula is C21H30N4O4. The number of carbonyl (C=O) groups excluding carboxylic acids is 1. The molecule has 0 spiro atoms. The molecule has 2 aromatic rings. The van der Waals surface area contributed by atoms with Gasteiger partial charge < -0.3 is 23.5 Å². The molecule has 4 heterocycles. The second kappa shape index (κ2) is 9.54. The van der Waals surface area contributed by atoms with Gasteiger partial charge in [0.2, 0.25) is 5.89 Å². The predicted octanol–water partition coefficient (Wildman–Crippen LogP) is 2.76. The van der Waals surface area contributed by atoms with Crippen molar-refractivity contribution in [3.05, 3.63) is 35.7 Å². The van der Waals surface area contributed by atoms with Crippen molar-refractivity contribution >= 4 is 5.91 Å². The van der Waals surface area contributed by atoms with Crippen molar-refractivity contribution in [2.75, 3.05) is 33.0 Å². The van der Waals surface area contributed by atoms with Crippen LogP contribution in [0.1, 0.15) is 60.3 Å². The third-order valence-corrected chi connectivity index (χ3v) is 5.86. The van der Waals surface area contributed by atoms with Crippen molar-refractivity contribution < 1.29 is 18.8 Å². The highest BCUT2D eigenvalue weighted by Crippen LogP contribution is 2.31. The van der Waals surface area contributed by atoms with Crippen LogP contribution in [0.4, 0.5) is 0 Å². The van der Waals surface area contributed by atoms with Crippen LogP contribution in [0.25, 0.3) is 0 Å². The molecule has 2 fully saturated rings. The van der Waals surface area contributed by atoms with Crippen molar-refractivity contribution in [1.29, 1.82) is 0 Å². The van der Waals surface area contributed by atoms with Gasteiger partial charge in [0.1, 0.15) is 11.7 Å². The number of rotatable bonds is 7. The van der Waals surface area contributed by atoms with Gasteiger partial charge in [-0.2, -0.15) is 4.98 Å². The number of nitrogens with zero attached hydrogens (tertiary/aromatic N) is 4. The summed E-state index contributed by atoms with van der Waals surface area (Å²) >= 11 is 0. The van der Waals surface area contributed by atoms with Crippen LogP contribution in [0.5, 0.6) is 0 Å². The summed E-state index contributed by atoms with van der Waals surface area (Å²) in [6.07, 6.45) is 7.53. The first-order valence-electron chi connectivity index (χ1n) is 10.6. The summed E-state index contributed by atoms with van der Waals surface area (Å²) in [4.78, 5) is 19.5. The van der Waals surface area contributed by atoms with Gasteiger partial charge in [0.25, 0.3) is 5.91 Å². The van der Waals surface area contributed by atoms with Crippen molar-refractivity contribution in [1.82, 2.24) is 19.6 Å². The standard InChI is InChI=1S/C21H30N4O4/c1-24-10-4-6-18(24)21(26)25-11-3-2-5-17(25)20-22-19(23-29-20)9-14-28-15-16-7-12-27-13-8-16/h4,6,10,16-17H,2-3,5,7-9,11-15H2,1H3. The molecule has 29 heavy (non-hydrogen) atoms. The SMILES string of the molecule is Cn1cccc1C(=O)N1CCCCC1c1nc(CCOCC2CCOCC2)no1. The normalized spacial score (nSPS) is 20.9.